The molecule has 2 atom stereocenters. The van der Waals surface area contributed by atoms with Crippen LogP contribution in [0.25, 0.3) is 0 Å². The molecule has 1 fully saturated rings. The van der Waals surface area contributed by atoms with Crippen LogP contribution in [0.5, 0.6) is 0 Å². The smallest absolute Gasteiger partial charge is 0.0202 e. The zero-order chi connectivity index (χ0) is 5.56. The van der Waals surface area contributed by atoms with Crippen LogP contribution in [-0.2, 0) is 0 Å². The van der Waals surface area contributed by atoms with Crippen molar-refractivity contribution in [3.8, 4) is 0 Å². The van der Waals surface area contributed by atoms with Gasteiger partial charge in [-0.15, -0.1) is 0 Å². The first-order valence-electron chi connectivity index (χ1n) is 3.56. The van der Waals surface area contributed by atoms with Crippen molar-refractivity contribution in [1.29, 1.82) is 0 Å². The maximum Gasteiger partial charge on any atom is -0.0202 e. The standard InChI is InChI=1S/C8H12/c1-6-7-2-3-8(6)5-4-7/h2-3,6-8H,4-5H2,1H3. The quantitative estimate of drug-likeness (QED) is 0.417. The molecular weight excluding hydrogens is 96.1 g/mol. The van der Waals surface area contributed by atoms with E-state index in [4.69, 9.17) is 0 Å². The van der Waals surface area contributed by atoms with Crippen LogP contribution in [0.15, 0.2) is 12.2 Å². The largest absolute Gasteiger partial charge is 0.0848 e. The monoisotopic (exact) mass is 108 g/mol. The summed E-state index contributed by atoms with van der Waals surface area (Å²) < 4.78 is 0. The molecule has 0 amide bonds. The maximum absolute atomic E-state index is 2.40. The van der Waals surface area contributed by atoms with Crippen LogP contribution in [0, 0.1) is 17.8 Å². The molecule has 0 spiro atoms. The van der Waals surface area contributed by atoms with E-state index in [1.807, 2.05) is 0 Å². The van der Waals surface area contributed by atoms with Crippen molar-refractivity contribution < 1.29 is 0 Å². The average Bonchev–Trinajstić information content (AvgIpc) is 2.29. The summed E-state index contributed by atoms with van der Waals surface area (Å²) in [5, 5.41) is 0. The van der Waals surface area contributed by atoms with E-state index < -0.39 is 0 Å². The third-order valence-electron chi connectivity index (χ3n) is 2.79. The van der Waals surface area contributed by atoms with E-state index in [1.54, 1.807) is 0 Å². The van der Waals surface area contributed by atoms with Gasteiger partial charge in [0.2, 0.25) is 0 Å². The molecule has 0 heteroatoms. The summed E-state index contributed by atoms with van der Waals surface area (Å²) in [5.74, 6) is 2.90. The summed E-state index contributed by atoms with van der Waals surface area (Å²) in [4.78, 5) is 0. The molecule has 0 aromatic carbocycles. The fourth-order valence-corrected chi connectivity index (χ4v) is 2.06. The molecule has 8 heavy (non-hydrogen) atoms. The van der Waals surface area contributed by atoms with Crippen molar-refractivity contribution in [1.82, 2.24) is 0 Å². The van der Waals surface area contributed by atoms with E-state index >= 15 is 0 Å². The lowest BCUT2D eigenvalue weighted by Gasteiger charge is -2.05. The van der Waals surface area contributed by atoms with Crippen LogP contribution in [0.3, 0.4) is 0 Å². The summed E-state index contributed by atoms with van der Waals surface area (Å²) in [5.41, 5.74) is 0. The fourth-order valence-electron chi connectivity index (χ4n) is 2.06. The van der Waals surface area contributed by atoms with Crippen molar-refractivity contribution in [2.45, 2.75) is 19.8 Å². The van der Waals surface area contributed by atoms with Gasteiger partial charge in [-0.05, 0) is 30.6 Å². The zero-order valence-corrected chi connectivity index (χ0v) is 5.30. The van der Waals surface area contributed by atoms with Crippen molar-refractivity contribution >= 4 is 0 Å². The summed E-state index contributed by atoms with van der Waals surface area (Å²) in [7, 11) is 0. The second-order valence-corrected chi connectivity index (χ2v) is 3.15. The number of rotatable bonds is 0. The lowest BCUT2D eigenvalue weighted by Crippen LogP contribution is -1.99. The molecule has 0 saturated heterocycles. The molecule has 0 nitrogen and oxygen atoms in total. The fraction of sp³-hybridized carbons (Fsp3) is 0.750. The van der Waals surface area contributed by atoms with E-state index in [2.05, 4.69) is 19.1 Å². The molecule has 2 rings (SSSR count). The van der Waals surface area contributed by atoms with E-state index in [9.17, 15) is 0 Å². The SMILES string of the molecule is CC1C2C=CC1CC2. The van der Waals surface area contributed by atoms with Crippen molar-refractivity contribution in [2.75, 3.05) is 0 Å². The van der Waals surface area contributed by atoms with Crippen LogP contribution < -0.4 is 0 Å². The van der Waals surface area contributed by atoms with Gasteiger partial charge in [-0.25, -0.2) is 0 Å². The van der Waals surface area contributed by atoms with Crippen LogP contribution in [0.4, 0.5) is 0 Å². The van der Waals surface area contributed by atoms with Crippen molar-refractivity contribution in [3.63, 3.8) is 0 Å². The second-order valence-electron chi connectivity index (χ2n) is 3.15. The Morgan fingerprint density at radius 1 is 1.12 bits per heavy atom. The van der Waals surface area contributed by atoms with E-state index in [0.717, 1.165) is 17.8 Å². The van der Waals surface area contributed by atoms with Crippen molar-refractivity contribution in [3.05, 3.63) is 12.2 Å². The minimum atomic E-state index is 0.958. The zero-order valence-electron chi connectivity index (χ0n) is 5.30. The van der Waals surface area contributed by atoms with Gasteiger partial charge in [0.1, 0.15) is 0 Å². The summed E-state index contributed by atoms with van der Waals surface area (Å²) >= 11 is 0. The van der Waals surface area contributed by atoms with Crippen LogP contribution in [0.2, 0.25) is 0 Å². The third-order valence-corrected chi connectivity index (χ3v) is 2.79. The Labute approximate surface area is 50.6 Å². The van der Waals surface area contributed by atoms with Crippen LogP contribution >= 0.6 is 0 Å². The topological polar surface area (TPSA) is 0 Å². The molecular formula is C8H12. The van der Waals surface area contributed by atoms with Gasteiger partial charge in [0.25, 0.3) is 0 Å². The number of allylic oxidation sites excluding steroid dienone is 2. The predicted molar refractivity (Wildman–Crippen MR) is 34.5 cm³/mol. The number of hydrogen-bond acceptors (Lipinski definition) is 0. The summed E-state index contributed by atoms with van der Waals surface area (Å²) in [6.45, 7) is 2.38. The molecule has 2 unspecified atom stereocenters. The molecule has 1 saturated carbocycles. The highest BCUT2D eigenvalue weighted by atomic mass is 14.4. The highest BCUT2D eigenvalue weighted by Crippen LogP contribution is 2.43. The molecule has 0 N–H and O–H groups in total. The molecule has 2 aliphatic carbocycles. The van der Waals surface area contributed by atoms with Gasteiger partial charge in [-0.1, -0.05) is 19.1 Å². The number of fused-ring (bicyclic) bond motifs is 2. The first-order chi connectivity index (χ1) is 3.88. The Kier molecular flexibility index (Phi) is 0.787. The van der Waals surface area contributed by atoms with E-state index in [1.165, 1.54) is 12.8 Å². The van der Waals surface area contributed by atoms with Gasteiger partial charge in [0.15, 0.2) is 0 Å². The highest BCUT2D eigenvalue weighted by molar-refractivity contribution is 5.10. The minimum Gasteiger partial charge on any atom is -0.0848 e. The Morgan fingerprint density at radius 3 is 1.75 bits per heavy atom. The van der Waals surface area contributed by atoms with Gasteiger partial charge in [0, 0.05) is 0 Å². The summed E-state index contributed by atoms with van der Waals surface area (Å²) in [6.07, 6.45) is 7.72. The van der Waals surface area contributed by atoms with Crippen molar-refractivity contribution in [2.24, 2.45) is 17.8 Å². The first kappa shape index (κ1) is 4.60. The molecule has 44 valence electrons. The first-order valence-corrected chi connectivity index (χ1v) is 3.56. The van der Waals surface area contributed by atoms with Crippen LogP contribution in [0.1, 0.15) is 19.8 Å². The molecule has 2 bridgehead atoms. The lowest BCUT2D eigenvalue weighted by atomic mass is 10.00. The van der Waals surface area contributed by atoms with Gasteiger partial charge in [-0.2, -0.15) is 0 Å². The predicted octanol–water partition coefficient (Wildman–Crippen LogP) is 2.22. The molecule has 0 aromatic rings. The van der Waals surface area contributed by atoms with E-state index in [0.29, 0.717) is 0 Å². The molecule has 0 heterocycles. The third kappa shape index (κ3) is 0.410. The number of hydrogen-bond donors (Lipinski definition) is 0. The van der Waals surface area contributed by atoms with Gasteiger partial charge in [0.05, 0.1) is 0 Å². The minimum absolute atomic E-state index is 0.958. The van der Waals surface area contributed by atoms with Gasteiger partial charge >= 0.3 is 0 Å². The maximum atomic E-state index is 2.40. The molecule has 0 radical (unpaired) electrons. The molecule has 0 aromatic heterocycles. The van der Waals surface area contributed by atoms with Gasteiger partial charge in [-0.3, -0.25) is 0 Å². The Morgan fingerprint density at radius 2 is 1.62 bits per heavy atom. The van der Waals surface area contributed by atoms with E-state index in [-0.39, 0.29) is 0 Å². The second kappa shape index (κ2) is 1.37. The molecule has 2 aliphatic rings. The normalized spacial score (nSPS) is 50.9. The Bertz CT molecular complexity index is 110. The van der Waals surface area contributed by atoms with Crippen LogP contribution in [-0.4, -0.2) is 0 Å². The Balaban J connectivity index is 2.27. The van der Waals surface area contributed by atoms with Gasteiger partial charge < -0.3 is 0 Å². The Hall–Kier alpha value is -0.260. The lowest BCUT2D eigenvalue weighted by molar-refractivity contribution is 0.474. The summed E-state index contributed by atoms with van der Waals surface area (Å²) in [6, 6.07) is 0. The highest BCUT2D eigenvalue weighted by Gasteiger charge is 2.33. The molecule has 0 aliphatic heterocycles. The average molecular weight is 108 g/mol.